The number of hydrogen-bond acceptors (Lipinski definition) is 8. The fourth-order valence-electron chi connectivity index (χ4n) is 5.50. The summed E-state index contributed by atoms with van der Waals surface area (Å²) in [5, 5.41) is 15.9. The average Bonchev–Trinajstić information content (AvgIpc) is 3.11. The van der Waals surface area contributed by atoms with E-state index < -0.39 is 12.3 Å². The van der Waals surface area contributed by atoms with Crippen LogP contribution in [0.25, 0.3) is 0 Å². The van der Waals surface area contributed by atoms with Crippen LogP contribution in [0.1, 0.15) is 56.1 Å². The second-order valence-electron chi connectivity index (χ2n) is 10.8. The van der Waals surface area contributed by atoms with E-state index in [-0.39, 0.29) is 19.3 Å². The number of amides is 1. The van der Waals surface area contributed by atoms with Gasteiger partial charge < -0.3 is 15.4 Å². The summed E-state index contributed by atoms with van der Waals surface area (Å²) in [5.74, 6) is 1.06. The largest absolute Gasteiger partial charge is 0.493 e. The molecule has 3 aliphatic rings. The smallest absolute Gasteiger partial charge is 0.251 e. The number of benzene rings is 1. The minimum atomic E-state index is -2.30. The Morgan fingerprint density at radius 3 is 2.70 bits per heavy atom. The monoisotopic (exact) mass is 591 g/mol. The van der Waals surface area contributed by atoms with E-state index in [9.17, 15) is 18.8 Å². The first-order chi connectivity index (χ1) is 20.9. The SMILES string of the molecule is C=C1NC(c2ccc(C3CCN(CC(F)F)CC3)cc2)=NCN=CN=C1C1=CC=C(OC(CC)CCNC=O)C(C#N)C1. The number of rotatable bonds is 12. The Kier molecular flexibility index (Phi) is 11.7. The molecule has 1 aromatic carbocycles. The van der Waals surface area contributed by atoms with Crippen molar-refractivity contribution < 1.29 is 18.3 Å². The zero-order chi connectivity index (χ0) is 30.6. The molecule has 43 heavy (non-hydrogen) atoms. The fourth-order valence-corrected chi connectivity index (χ4v) is 5.50. The molecule has 1 aliphatic carbocycles. The van der Waals surface area contributed by atoms with Gasteiger partial charge in [0.2, 0.25) is 6.41 Å². The Labute approximate surface area is 251 Å². The molecule has 1 aromatic rings. The number of nitrogens with one attached hydrogen (secondary N) is 2. The first kappa shape index (κ1) is 31.8. The number of carbonyl (C=O) groups is 1. The van der Waals surface area contributed by atoms with Crippen LogP contribution in [0.2, 0.25) is 0 Å². The molecule has 2 N–H and O–H groups in total. The highest BCUT2D eigenvalue weighted by molar-refractivity contribution is 6.17. The highest BCUT2D eigenvalue weighted by atomic mass is 19.3. The van der Waals surface area contributed by atoms with E-state index in [4.69, 9.17) is 4.74 Å². The number of nitriles is 1. The molecule has 11 heteroatoms. The van der Waals surface area contributed by atoms with Crippen molar-refractivity contribution in [3.05, 3.63) is 71.2 Å². The number of hydrogen-bond donors (Lipinski definition) is 2. The Morgan fingerprint density at radius 2 is 2.02 bits per heavy atom. The molecule has 4 rings (SSSR count). The van der Waals surface area contributed by atoms with E-state index >= 15 is 0 Å². The molecule has 0 bridgehead atoms. The number of aliphatic imine (C=N–C) groups is 3. The molecule has 0 spiro atoms. The van der Waals surface area contributed by atoms with E-state index in [1.807, 2.05) is 36.1 Å². The Hall–Kier alpha value is -4.17. The van der Waals surface area contributed by atoms with E-state index in [0.717, 1.165) is 30.4 Å². The summed E-state index contributed by atoms with van der Waals surface area (Å²) in [6, 6.07) is 10.5. The van der Waals surface area contributed by atoms with Gasteiger partial charge in [-0.25, -0.2) is 18.8 Å². The zero-order valence-corrected chi connectivity index (χ0v) is 24.5. The Bertz CT molecular complexity index is 1320. The zero-order valence-electron chi connectivity index (χ0n) is 24.5. The van der Waals surface area contributed by atoms with Crippen LogP contribution in [0.4, 0.5) is 8.78 Å². The molecule has 0 saturated carbocycles. The predicted molar refractivity (Wildman–Crippen MR) is 164 cm³/mol. The standard InChI is InChI=1S/C32H39F2N7O2/c1-3-28(10-13-36-21-42)43-29-9-8-26(16-27(29)17-35)31-22(2)40-32(39-20-37-19-38-31)25-6-4-23(5-7-25)24-11-14-41(15-12-24)18-30(33)34/h4-9,19,21,24,27-28,30H,2-3,10-16,18,20H2,1H3,(H,36,42)(H,39,40). The maximum absolute atomic E-state index is 12.7. The quantitative estimate of drug-likeness (QED) is 0.270. The number of ether oxygens (including phenoxy) is 1. The maximum atomic E-state index is 12.7. The van der Waals surface area contributed by atoms with Gasteiger partial charge in [0.15, 0.2) is 0 Å². The third-order valence-corrected chi connectivity index (χ3v) is 7.90. The van der Waals surface area contributed by atoms with Crippen LogP contribution < -0.4 is 10.6 Å². The molecular formula is C32H39F2N7O2. The van der Waals surface area contributed by atoms with Crippen LogP contribution in [0.3, 0.4) is 0 Å². The lowest BCUT2D eigenvalue weighted by Crippen LogP contribution is -2.36. The van der Waals surface area contributed by atoms with Gasteiger partial charge >= 0.3 is 0 Å². The minimum Gasteiger partial charge on any atom is -0.493 e. The third kappa shape index (κ3) is 8.91. The molecule has 1 amide bonds. The highest BCUT2D eigenvalue weighted by Crippen LogP contribution is 2.31. The van der Waals surface area contributed by atoms with Gasteiger partial charge in [0.25, 0.3) is 6.43 Å². The van der Waals surface area contributed by atoms with Crippen molar-refractivity contribution in [1.29, 1.82) is 5.26 Å². The number of halogens is 2. The summed E-state index contributed by atoms with van der Waals surface area (Å²) >= 11 is 0. The summed E-state index contributed by atoms with van der Waals surface area (Å²) in [5.41, 5.74) is 4.01. The van der Waals surface area contributed by atoms with Crippen molar-refractivity contribution >= 4 is 24.3 Å². The lowest BCUT2D eigenvalue weighted by Gasteiger charge is -2.31. The number of amidine groups is 1. The average molecular weight is 592 g/mol. The van der Waals surface area contributed by atoms with Crippen LogP contribution in [-0.4, -0.2) is 74.6 Å². The Morgan fingerprint density at radius 1 is 1.26 bits per heavy atom. The summed E-state index contributed by atoms with van der Waals surface area (Å²) in [7, 11) is 0. The summed E-state index contributed by atoms with van der Waals surface area (Å²) in [6.45, 7) is 8.12. The molecule has 228 valence electrons. The van der Waals surface area contributed by atoms with E-state index in [2.05, 4.69) is 50.4 Å². The van der Waals surface area contributed by atoms with Crippen molar-refractivity contribution in [3.8, 4) is 6.07 Å². The van der Waals surface area contributed by atoms with Crippen LogP contribution >= 0.6 is 0 Å². The molecule has 2 atom stereocenters. The van der Waals surface area contributed by atoms with Crippen LogP contribution in [-0.2, 0) is 9.53 Å². The number of allylic oxidation sites excluding steroid dienone is 4. The number of nitrogens with zero attached hydrogens (tertiary/aromatic N) is 5. The van der Waals surface area contributed by atoms with Crippen LogP contribution in [0.5, 0.6) is 0 Å². The van der Waals surface area contributed by atoms with Gasteiger partial charge in [-0.05, 0) is 61.9 Å². The van der Waals surface area contributed by atoms with Crippen LogP contribution in [0, 0.1) is 17.2 Å². The molecule has 2 heterocycles. The predicted octanol–water partition coefficient (Wildman–Crippen LogP) is 4.71. The van der Waals surface area contributed by atoms with Crippen molar-refractivity contribution in [2.75, 3.05) is 32.8 Å². The van der Waals surface area contributed by atoms with E-state index in [1.54, 1.807) is 0 Å². The summed E-state index contributed by atoms with van der Waals surface area (Å²) in [6.07, 6.45) is 6.94. The van der Waals surface area contributed by atoms with Gasteiger partial charge in [0.05, 0.1) is 30.1 Å². The van der Waals surface area contributed by atoms with Gasteiger partial charge in [0, 0.05) is 18.5 Å². The molecule has 2 aliphatic heterocycles. The second-order valence-corrected chi connectivity index (χ2v) is 10.8. The first-order valence-electron chi connectivity index (χ1n) is 14.7. The van der Waals surface area contributed by atoms with Crippen molar-refractivity contribution in [3.63, 3.8) is 0 Å². The maximum Gasteiger partial charge on any atom is 0.251 e. The second kappa shape index (κ2) is 15.9. The number of likely N-dealkylation sites (tertiary alicyclic amines) is 1. The van der Waals surface area contributed by atoms with Crippen molar-refractivity contribution in [1.82, 2.24) is 15.5 Å². The number of piperidine rings is 1. The van der Waals surface area contributed by atoms with Gasteiger partial charge in [-0.1, -0.05) is 43.8 Å². The van der Waals surface area contributed by atoms with Gasteiger partial charge in [-0.2, -0.15) is 5.26 Å². The molecule has 0 aromatic heterocycles. The van der Waals surface area contributed by atoms with E-state index in [1.165, 1.54) is 11.9 Å². The lowest BCUT2D eigenvalue weighted by molar-refractivity contribution is -0.109. The first-order valence-corrected chi connectivity index (χ1v) is 14.7. The topological polar surface area (TPSA) is 114 Å². The van der Waals surface area contributed by atoms with Crippen LogP contribution in [0.15, 0.2) is 75.0 Å². The van der Waals surface area contributed by atoms with Crippen molar-refractivity contribution in [2.45, 2.75) is 57.5 Å². The van der Waals surface area contributed by atoms with E-state index in [0.29, 0.717) is 67.8 Å². The van der Waals surface area contributed by atoms with Gasteiger partial charge in [0.1, 0.15) is 30.5 Å². The normalized spacial score (nSPS) is 20.7. The molecule has 0 radical (unpaired) electrons. The third-order valence-electron chi connectivity index (χ3n) is 7.90. The molecule has 1 fully saturated rings. The lowest BCUT2D eigenvalue weighted by atomic mass is 9.89. The summed E-state index contributed by atoms with van der Waals surface area (Å²) in [4.78, 5) is 25.9. The van der Waals surface area contributed by atoms with Gasteiger partial charge in [-0.3, -0.25) is 14.7 Å². The molecular weight excluding hydrogens is 552 g/mol. The van der Waals surface area contributed by atoms with Gasteiger partial charge in [-0.15, -0.1) is 0 Å². The number of carbonyl (C=O) groups excluding carboxylic acids is 1. The fraction of sp³-hybridized carbons (Fsp3) is 0.469. The molecule has 1 saturated heterocycles. The Balaban J connectivity index is 1.43. The van der Waals surface area contributed by atoms with Crippen molar-refractivity contribution in [2.24, 2.45) is 20.9 Å². The molecule has 9 nitrogen and oxygen atoms in total. The summed E-state index contributed by atoms with van der Waals surface area (Å²) < 4.78 is 31.6. The number of alkyl halides is 2. The molecule has 2 unspecified atom stereocenters. The minimum absolute atomic E-state index is 0.112. The highest BCUT2D eigenvalue weighted by Gasteiger charge is 2.27.